The smallest absolute Gasteiger partial charge is 0.306 e. The molecule has 0 N–H and O–H groups in total. The van der Waals surface area contributed by atoms with Crippen LogP contribution in [0.25, 0.3) is 11.1 Å². The second kappa shape index (κ2) is 10.1. The van der Waals surface area contributed by atoms with E-state index in [0.717, 1.165) is 29.8 Å². The molecule has 0 saturated heterocycles. The fourth-order valence-electron chi connectivity index (χ4n) is 3.19. The van der Waals surface area contributed by atoms with Crippen LogP contribution in [0.3, 0.4) is 0 Å². The summed E-state index contributed by atoms with van der Waals surface area (Å²) >= 11 is 3.39. The molecular formula is C23H21BrO7S2. The number of aryl methyl sites for hydroxylation is 1. The highest BCUT2D eigenvalue weighted by molar-refractivity contribution is 9.09. The summed E-state index contributed by atoms with van der Waals surface area (Å²) in [6, 6.07) is 17.6. The first-order valence-corrected chi connectivity index (χ1v) is 14.4. The molecular weight excluding hydrogens is 532 g/mol. The molecule has 7 nitrogen and oxygen atoms in total. The van der Waals surface area contributed by atoms with Crippen molar-refractivity contribution in [3.05, 3.63) is 83.4 Å². The number of hydrogen-bond donors (Lipinski definition) is 0. The van der Waals surface area contributed by atoms with E-state index < -0.39 is 20.2 Å². The molecule has 174 valence electrons. The minimum absolute atomic E-state index is 0.0176. The number of alkyl halides is 1. The van der Waals surface area contributed by atoms with Crippen LogP contribution in [0.4, 0.5) is 0 Å². The maximum absolute atomic E-state index is 13.4. The lowest BCUT2D eigenvalue weighted by atomic mass is 9.92. The van der Waals surface area contributed by atoms with Gasteiger partial charge in [-0.05, 0) is 35.7 Å². The zero-order valence-corrected chi connectivity index (χ0v) is 21.0. The van der Waals surface area contributed by atoms with Gasteiger partial charge in [0, 0.05) is 22.0 Å². The van der Waals surface area contributed by atoms with Gasteiger partial charge in [0.2, 0.25) is 0 Å². The van der Waals surface area contributed by atoms with Crippen LogP contribution in [0.1, 0.15) is 21.5 Å². The summed E-state index contributed by atoms with van der Waals surface area (Å²) in [5.74, 6) is -0.250. The van der Waals surface area contributed by atoms with Crippen molar-refractivity contribution >= 4 is 41.9 Å². The van der Waals surface area contributed by atoms with Gasteiger partial charge in [-0.25, -0.2) is 0 Å². The van der Waals surface area contributed by atoms with Crippen LogP contribution in [-0.2, 0) is 26.7 Å². The zero-order chi connectivity index (χ0) is 24.2. The molecule has 10 heteroatoms. The number of ketones is 1. The van der Waals surface area contributed by atoms with Crippen molar-refractivity contribution < 1.29 is 30.0 Å². The minimum Gasteiger partial charge on any atom is -0.383 e. The molecule has 0 spiro atoms. The third-order valence-electron chi connectivity index (χ3n) is 4.50. The Morgan fingerprint density at radius 3 is 1.97 bits per heavy atom. The van der Waals surface area contributed by atoms with Gasteiger partial charge in [0.25, 0.3) is 0 Å². The SMILES string of the molecule is CS(=O)(=O)Oc1ccc(-c2c(OS(C)(=O)=O)cccc2C(=O)c2ccc(CCBr)cc2)cc1. The van der Waals surface area contributed by atoms with Gasteiger partial charge in [0.05, 0.1) is 12.5 Å². The van der Waals surface area contributed by atoms with Crippen LogP contribution >= 0.6 is 15.9 Å². The highest BCUT2D eigenvalue weighted by Gasteiger charge is 2.21. The Morgan fingerprint density at radius 1 is 0.818 bits per heavy atom. The normalized spacial score (nSPS) is 11.7. The van der Waals surface area contributed by atoms with Crippen LogP contribution in [-0.4, -0.2) is 40.5 Å². The number of halogens is 1. The number of rotatable bonds is 9. The molecule has 0 aliphatic rings. The van der Waals surface area contributed by atoms with Crippen LogP contribution in [0.2, 0.25) is 0 Å². The molecule has 0 amide bonds. The van der Waals surface area contributed by atoms with Gasteiger partial charge in [-0.15, -0.1) is 0 Å². The van der Waals surface area contributed by atoms with E-state index in [1.165, 1.54) is 36.4 Å². The average Bonchev–Trinajstić information content (AvgIpc) is 2.72. The van der Waals surface area contributed by atoms with Crippen molar-refractivity contribution in [2.45, 2.75) is 6.42 Å². The lowest BCUT2D eigenvalue weighted by molar-refractivity contribution is 0.103. The summed E-state index contributed by atoms with van der Waals surface area (Å²) in [5, 5.41) is 0.800. The van der Waals surface area contributed by atoms with Crippen molar-refractivity contribution in [3.8, 4) is 22.6 Å². The number of carbonyl (C=O) groups excluding carboxylic acids is 1. The van der Waals surface area contributed by atoms with Gasteiger partial charge in [-0.3, -0.25) is 4.79 Å². The summed E-state index contributed by atoms with van der Waals surface area (Å²) in [7, 11) is -7.59. The summed E-state index contributed by atoms with van der Waals surface area (Å²) in [6.07, 6.45) is 2.66. The summed E-state index contributed by atoms with van der Waals surface area (Å²) in [6.45, 7) is 0. The monoisotopic (exact) mass is 552 g/mol. The molecule has 0 atom stereocenters. The molecule has 33 heavy (non-hydrogen) atoms. The number of benzene rings is 3. The minimum atomic E-state index is -3.88. The molecule has 0 fully saturated rings. The van der Waals surface area contributed by atoms with E-state index in [-0.39, 0.29) is 28.4 Å². The third-order valence-corrected chi connectivity index (χ3v) is 5.88. The van der Waals surface area contributed by atoms with Gasteiger partial charge >= 0.3 is 20.2 Å². The fraction of sp³-hybridized carbons (Fsp3) is 0.174. The molecule has 3 aromatic carbocycles. The second-order valence-corrected chi connectivity index (χ2v) is 11.2. The van der Waals surface area contributed by atoms with E-state index >= 15 is 0 Å². The van der Waals surface area contributed by atoms with E-state index in [4.69, 9.17) is 8.37 Å². The number of carbonyl (C=O) groups is 1. The largest absolute Gasteiger partial charge is 0.383 e. The molecule has 0 aliphatic heterocycles. The van der Waals surface area contributed by atoms with Crippen molar-refractivity contribution in [1.82, 2.24) is 0 Å². The molecule has 0 heterocycles. The Hall–Kier alpha value is -2.69. The summed E-state index contributed by atoms with van der Waals surface area (Å²) < 4.78 is 56.5. The summed E-state index contributed by atoms with van der Waals surface area (Å²) in [5.41, 5.74) is 2.46. The maximum atomic E-state index is 13.4. The van der Waals surface area contributed by atoms with Gasteiger partial charge in [-0.2, -0.15) is 16.8 Å². The van der Waals surface area contributed by atoms with Gasteiger partial charge in [0.15, 0.2) is 11.5 Å². The molecule has 0 bridgehead atoms. The van der Waals surface area contributed by atoms with Crippen LogP contribution in [0.5, 0.6) is 11.5 Å². The highest BCUT2D eigenvalue weighted by Crippen LogP contribution is 2.36. The molecule has 3 aromatic rings. The predicted octanol–water partition coefficient (Wildman–Crippen LogP) is 4.20. The predicted molar refractivity (Wildman–Crippen MR) is 130 cm³/mol. The third kappa shape index (κ3) is 6.89. The van der Waals surface area contributed by atoms with E-state index in [1.54, 1.807) is 18.2 Å². The lowest BCUT2D eigenvalue weighted by Crippen LogP contribution is -2.10. The van der Waals surface area contributed by atoms with Crippen molar-refractivity contribution in [3.63, 3.8) is 0 Å². The first-order valence-electron chi connectivity index (χ1n) is 9.69. The van der Waals surface area contributed by atoms with Crippen LogP contribution in [0, 0.1) is 0 Å². The lowest BCUT2D eigenvalue weighted by Gasteiger charge is -2.15. The average molecular weight is 553 g/mol. The molecule has 0 saturated carbocycles. The van der Waals surface area contributed by atoms with E-state index in [2.05, 4.69) is 15.9 Å². The molecule has 0 unspecified atom stereocenters. The van der Waals surface area contributed by atoms with Crippen molar-refractivity contribution in [2.75, 3.05) is 17.8 Å². The van der Waals surface area contributed by atoms with Gasteiger partial charge in [-0.1, -0.05) is 64.5 Å². The molecule has 3 rings (SSSR count). The Balaban J connectivity index is 2.11. The Bertz CT molecular complexity index is 1360. The van der Waals surface area contributed by atoms with E-state index in [0.29, 0.717) is 11.1 Å². The fourth-order valence-corrected chi connectivity index (χ4v) is 4.57. The second-order valence-electron chi connectivity index (χ2n) is 7.24. The van der Waals surface area contributed by atoms with E-state index in [1.807, 2.05) is 12.1 Å². The topological polar surface area (TPSA) is 104 Å². The molecule has 0 aromatic heterocycles. The van der Waals surface area contributed by atoms with Crippen LogP contribution < -0.4 is 8.37 Å². The molecule has 0 aliphatic carbocycles. The van der Waals surface area contributed by atoms with Crippen molar-refractivity contribution in [2.24, 2.45) is 0 Å². The van der Waals surface area contributed by atoms with Gasteiger partial charge < -0.3 is 8.37 Å². The zero-order valence-electron chi connectivity index (χ0n) is 17.8. The standard InChI is InChI=1S/C23H21BrO7S2/c1-32(26,27)30-19-12-10-17(11-13-19)22-20(4-3-5-21(22)31-33(2,28)29)23(25)18-8-6-16(7-9-18)14-15-24/h3-13H,14-15H2,1-2H3. The van der Waals surface area contributed by atoms with Crippen LogP contribution in [0.15, 0.2) is 66.7 Å². The summed E-state index contributed by atoms with van der Waals surface area (Å²) in [4.78, 5) is 13.4. The van der Waals surface area contributed by atoms with Crippen molar-refractivity contribution in [1.29, 1.82) is 0 Å². The Kier molecular flexibility index (Phi) is 7.61. The quantitative estimate of drug-likeness (QED) is 0.222. The highest BCUT2D eigenvalue weighted by atomic mass is 79.9. The molecule has 0 radical (unpaired) electrons. The first kappa shape index (κ1) is 24.9. The Labute approximate surface area is 201 Å². The first-order chi connectivity index (χ1) is 15.5. The maximum Gasteiger partial charge on any atom is 0.306 e. The number of hydrogen-bond acceptors (Lipinski definition) is 7. The van der Waals surface area contributed by atoms with Gasteiger partial charge in [0.1, 0.15) is 5.75 Å². The Morgan fingerprint density at radius 2 is 1.42 bits per heavy atom. The van der Waals surface area contributed by atoms with E-state index in [9.17, 15) is 21.6 Å².